The SMILES string of the molecule is C/C=C(/NC(=O)C(NC(=O)CNC(=O)C(C)(O)C(O)/C=C\C(C)=C\C(C)CC)C(C)O)C(=O)NC(C(=O)NC1C(=O)NC(COC)C(=O)NCC(=O)NC(C)C(=O)N(C)C(C(C)O)C(=O)NC(C(OC)c2ccc(O)cc2)C(=O)N2CCCCC2C(=O)OC1C(C)C)C(C)C(C)C(N)=O. The van der Waals surface area contributed by atoms with Gasteiger partial charge in [-0.25, -0.2) is 4.79 Å². The lowest BCUT2D eigenvalue weighted by Gasteiger charge is -2.40. The minimum absolute atomic E-state index is 0.0856. The zero-order valence-electron chi connectivity index (χ0n) is 58.8. The molecule has 0 radical (unpaired) electrons. The first-order valence-corrected chi connectivity index (χ1v) is 32.6. The highest BCUT2D eigenvalue weighted by Crippen LogP contribution is 2.29. The van der Waals surface area contributed by atoms with Gasteiger partial charge in [0.1, 0.15) is 78.1 Å². The Hall–Kier alpha value is -8.89. The van der Waals surface area contributed by atoms with E-state index >= 15 is 19.2 Å². The smallest absolute Gasteiger partial charge is 0.329 e. The van der Waals surface area contributed by atoms with E-state index in [1.165, 1.54) is 92.0 Å². The van der Waals surface area contributed by atoms with Crippen molar-refractivity contribution in [1.82, 2.24) is 57.7 Å². The van der Waals surface area contributed by atoms with Crippen LogP contribution in [0.2, 0.25) is 0 Å². The molecule has 17 atom stereocenters. The molecule has 2 fully saturated rings. The first kappa shape index (κ1) is 84.3. The number of hydrogen-bond acceptors (Lipinski definition) is 21. The highest BCUT2D eigenvalue weighted by Gasteiger charge is 2.47. The Kier molecular flexibility index (Phi) is 33.3. The summed E-state index contributed by atoms with van der Waals surface area (Å²) in [7, 11) is 3.54. The Morgan fingerprint density at radius 1 is 0.859 bits per heavy atom. The zero-order valence-corrected chi connectivity index (χ0v) is 58.8. The van der Waals surface area contributed by atoms with Gasteiger partial charge in [-0.05, 0) is 96.3 Å². The fraction of sp³-hybridized carbons (Fsp3) is 0.621. The van der Waals surface area contributed by atoms with Crippen molar-refractivity contribution in [3.8, 4) is 5.75 Å². The zero-order chi connectivity index (χ0) is 75.1. The van der Waals surface area contributed by atoms with Gasteiger partial charge in [0.25, 0.3) is 11.8 Å². The van der Waals surface area contributed by atoms with Crippen molar-refractivity contribution in [2.45, 2.75) is 193 Å². The van der Waals surface area contributed by atoms with E-state index in [1.54, 1.807) is 6.92 Å². The minimum atomic E-state index is -2.45. The molecular formula is C66H102N12O21. The molecule has 0 aliphatic carbocycles. The molecule has 99 heavy (non-hydrogen) atoms. The van der Waals surface area contributed by atoms with Crippen molar-refractivity contribution in [2.24, 2.45) is 29.4 Å². The number of carbonyl (C=O) groups excluding carboxylic acids is 13. The number of phenolic OH excluding ortho intramolecular Hbond substituents is 1. The van der Waals surface area contributed by atoms with Crippen LogP contribution in [-0.4, -0.2) is 238 Å². The number of primary amides is 1. The van der Waals surface area contributed by atoms with Gasteiger partial charge in [-0.2, -0.15) is 0 Å². The number of nitrogens with zero attached hydrogens (tertiary/aromatic N) is 2. The van der Waals surface area contributed by atoms with E-state index < -0.39 is 204 Å². The predicted octanol–water partition coefficient (Wildman–Crippen LogP) is -3.12. The molecule has 0 saturated carbocycles. The number of ether oxygens (including phenoxy) is 3. The number of benzene rings is 1. The van der Waals surface area contributed by atoms with Gasteiger partial charge in [-0.15, -0.1) is 0 Å². The molecule has 2 saturated heterocycles. The molecule has 0 aromatic heterocycles. The maximum absolute atomic E-state index is 15.3. The van der Waals surface area contributed by atoms with E-state index in [4.69, 9.17) is 19.9 Å². The van der Waals surface area contributed by atoms with Crippen LogP contribution in [0, 0.1) is 23.7 Å². The van der Waals surface area contributed by atoms with Gasteiger partial charge in [0.15, 0.2) is 5.60 Å². The number of allylic oxidation sites excluding steroid dienone is 4. The van der Waals surface area contributed by atoms with Gasteiger partial charge in [-0.1, -0.05) is 90.0 Å². The molecule has 33 nitrogen and oxygen atoms in total. The van der Waals surface area contributed by atoms with Crippen molar-refractivity contribution in [3.05, 3.63) is 65.4 Å². The molecule has 17 unspecified atom stereocenters. The highest BCUT2D eigenvalue weighted by molar-refractivity contribution is 6.03. The van der Waals surface area contributed by atoms with Crippen LogP contribution < -0.4 is 53.6 Å². The number of piperidine rings is 1. The van der Waals surface area contributed by atoms with Gasteiger partial charge in [0.2, 0.25) is 59.1 Å². The van der Waals surface area contributed by atoms with Crippen LogP contribution in [0.1, 0.15) is 120 Å². The van der Waals surface area contributed by atoms with Crippen LogP contribution in [0.3, 0.4) is 0 Å². The molecule has 2 heterocycles. The average Bonchev–Trinajstić information content (AvgIpc) is 0.801. The van der Waals surface area contributed by atoms with Gasteiger partial charge < -0.3 is 103 Å². The van der Waals surface area contributed by atoms with E-state index in [9.17, 15) is 68.7 Å². The summed E-state index contributed by atoms with van der Waals surface area (Å²) in [6.07, 6.45) is -1.18. The molecular weight excluding hydrogens is 1300 g/mol. The molecule has 1 aromatic rings. The number of aromatic hydroxyl groups is 1. The molecule has 12 amide bonds. The summed E-state index contributed by atoms with van der Waals surface area (Å²) in [6.45, 7) is 14.7. The number of aliphatic hydroxyl groups is 4. The number of amides is 12. The lowest BCUT2D eigenvalue weighted by Crippen LogP contribution is -2.64. The Balaban J connectivity index is 2.17. The Morgan fingerprint density at radius 3 is 2.05 bits per heavy atom. The molecule has 1 aromatic carbocycles. The normalized spacial score (nSPS) is 24.1. The quantitative estimate of drug-likeness (QED) is 0.0248. The number of methoxy groups -OCH3 is 2. The standard InChI is InChI=1S/C66H102N12O21/c1-16-33(5)28-34(6)21-26-45(82)66(12,96)65(95)69-30-47(84)73-49(38(10)79)59(89)71-42(17-2)57(87)74-48(35(7)36(8)55(67)85)58(88)75-50-53(32(3)4)99-64(94)44-20-18-19-27-78(44)63(93)51(54(98-15)40-22-24-41(81)25-23-40)76-61(91)52(39(11)80)77(13)62(92)37(9)70-46(83)29-68-56(86)43(31-97-14)72-60(50)90/h17,21-26,28,32-33,35-39,43-45,48-54,79-82,96H,16,18-20,27,29-31H2,1-15H3,(H2,67,85)(H,68,86)(H,69,95)(H,70,83)(H,71,89)(H,72,90)(H,73,84)(H,74,87)(H,75,88)(H,76,91)/b26-21-,34-28+,42-17+. The number of fused-ring (bicyclic) bond motifs is 1. The Morgan fingerprint density at radius 2 is 1.49 bits per heavy atom. The number of phenols is 1. The van der Waals surface area contributed by atoms with Gasteiger partial charge >= 0.3 is 5.97 Å². The van der Waals surface area contributed by atoms with Crippen LogP contribution in [0.5, 0.6) is 5.75 Å². The Labute approximate surface area is 575 Å². The van der Waals surface area contributed by atoms with Crippen molar-refractivity contribution in [2.75, 3.05) is 47.5 Å². The number of esters is 1. The molecule has 552 valence electrons. The first-order chi connectivity index (χ1) is 46.3. The molecule has 0 spiro atoms. The monoisotopic (exact) mass is 1400 g/mol. The topological polar surface area (TPSA) is 492 Å². The number of nitrogens with two attached hydrogens (primary N) is 1. The molecule has 3 rings (SSSR count). The number of hydrogen-bond donors (Lipinski definition) is 15. The summed E-state index contributed by atoms with van der Waals surface area (Å²) >= 11 is 0. The molecule has 2 aliphatic heterocycles. The van der Waals surface area contributed by atoms with Crippen molar-refractivity contribution >= 4 is 76.9 Å². The van der Waals surface area contributed by atoms with E-state index in [0.29, 0.717) is 12.8 Å². The second-order valence-electron chi connectivity index (χ2n) is 25.5. The summed E-state index contributed by atoms with van der Waals surface area (Å²) in [6, 6.07) is -8.70. The Bertz CT molecular complexity index is 3140. The number of nitrogens with one attached hydrogen (secondary N) is 9. The number of likely N-dealkylation sites (N-methyl/N-ethyl adjacent to an activating group) is 1. The van der Waals surface area contributed by atoms with Crippen LogP contribution in [0.4, 0.5) is 0 Å². The third-order valence-electron chi connectivity index (χ3n) is 17.2. The van der Waals surface area contributed by atoms with Crippen LogP contribution in [0.25, 0.3) is 0 Å². The van der Waals surface area contributed by atoms with Crippen LogP contribution >= 0.6 is 0 Å². The largest absolute Gasteiger partial charge is 0.508 e. The maximum Gasteiger partial charge on any atom is 0.329 e. The van der Waals surface area contributed by atoms with E-state index in [2.05, 4.69) is 47.9 Å². The highest BCUT2D eigenvalue weighted by atomic mass is 16.5. The number of carbonyl (C=O) groups is 13. The summed E-state index contributed by atoms with van der Waals surface area (Å²) in [4.78, 5) is 186. The average molecular weight is 1400 g/mol. The number of cyclic esters (lactones) is 1. The minimum Gasteiger partial charge on any atom is -0.508 e. The van der Waals surface area contributed by atoms with Crippen LogP contribution in [-0.2, 0) is 76.5 Å². The lowest BCUT2D eigenvalue weighted by molar-refractivity contribution is -0.168. The molecule has 16 N–H and O–H groups in total. The summed E-state index contributed by atoms with van der Waals surface area (Å²) < 4.78 is 17.3. The third kappa shape index (κ3) is 23.9. The number of aliphatic hydroxyl groups excluding tert-OH is 3. The lowest BCUT2D eigenvalue weighted by atomic mass is 9.87. The second kappa shape index (κ2) is 39.0. The summed E-state index contributed by atoms with van der Waals surface area (Å²) in [5.41, 5.74) is 3.64. The fourth-order valence-electron chi connectivity index (χ4n) is 10.8. The summed E-state index contributed by atoms with van der Waals surface area (Å²) in [5, 5.41) is 75.0. The van der Waals surface area contributed by atoms with Crippen molar-refractivity contribution in [1.29, 1.82) is 0 Å². The molecule has 2 aliphatic rings. The van der Waals surface area contributed by atoms with E-state index in [0.717, 1.165) is 55.9 Å². The molecule has 0 bridgehead atoms. The summed E-state index contributed by atoms with van der Waals surface area (Å²) in [5.74, 6) is -17.9. The first-order valence-electron chi connectivity index (χ1n) is 32.6. The maximum atomic E-state index is 15.3. The van der Waals surface area contributed by atoms with Gasteiger partial charge in [-0.3, -0.25) is 57.5 Å². The third-order valence-corrected chi connectivity index (χ3v) is 17.2. The predicted molar refractivity (Wildman–Crippen MR) is 355 cm³/mol. The van der Waals surface area contributed by atoms with Gasteiger partial charge in [0.05, 0.1) is 31.9 Å². The molecule has 33 heteroatoms. The van der Waals surface area contributed by atoms with Crippen molar-refractivity contribution in [3.63, 3.8) is 0 Å². The van der Waals surface area contributed by atoms with Crippen molar-refractivity contribution < 1.29 is 102 Å². The van der Waals surface area contributed by atoms with Crippen LogP contribution in [0.15, 0.2) is 59.8 Å². The van der Waals surface area contributed by atoms with E-state index in [1.807, 2.05) is 19.9 Å². The number of rotatable bonds is 26. The fourth-order valence-corrected chi connectivity index (χ4v) is 10.8. The van der Waals surface area contributed by atoms with Gasteiger partial charge in [0, 0.05) is 33.7 Å². The second-order valence-corrected chi connectivity index (χ2v) is 25.5. The van der Waals surface area contributed by atoms with E-state index in [-0.39, 0.29) is 30.2 Å².